The fraction of sp³-hybridized carbons (Fsp3) is 0.421. The van der Waals surface area contributed by atoms with Crippen molar-refractivity contribution < 1.29 is 9.32 Å². The molecule has 0 saturated carbocycles. The molecule has 27 heavy (non-hydrogen) atoms. The average Bonchev–Trinajstić information content (AvgIpc) is 3.29. The molecular formula is C19H21N5O2S. The molecule has 0 spiro atoms. The number of hydrogen-bond acceptors (Lipinski definition) is 7. The third-order valence-electron chi connectivity index (χ3n) is 4.97. The number of carbonyl (C=O) groups excluding carboxylic acids is 1. The molecule has 4 heterocycles. The molecule has 4 rings (SSSR count). The van der Waals surface area contributed by atoms with Crippen molar-refractivity contribution in [1.82, 2.24) is 25.0 Å². The summed E-state index contributed by atoms with van der Waals surface area (Å²) in [4.78, 5) is 29.6. The predicted molar refractivity (Wildman–Crippen MR) is 102 cm³/mol. The van der Waals surface area contributed by atoms with Crippen molar-refractivity contribution in [2.75, 3.05) is 13.1 Å². The molecule has 0 aromatic carbocycles. The molecule has 0 radical (unpaired) electrons. The van der Waals surface area contributed by atoms with Gasteiger partial charge in [-0.1, -0.05) is 5.16 Å². The lowest BCUT2D eigenvalue weighted by atomic mass is 9.96. The molecule has 0 N–H and O–H groups in total. The molecule has 7 nitrogen and oxygen atoms in total. The number of likely N-dealkylation sites (tertiary alicyclic amines) is 1. The normalized spacial score (nSPS) is 15.3. The van der Waals surface area contributed by atoms with Crippen LogP contribution in [0.2, 0.25) is 0 Å². The van der Waals surface area contributed by atoms with Gasteiger partial charge < -0.3 is 9.42 Å². The van der Waals surface area contributed by atoms with E-state index in [9.17, 15) is 4.79 Å². The number of thiophene rings is 1. The first kappa shape index (κ1) is 17.8. The largest absolute Gasteiger partial charge is 0.338 e. The number of aryl methyl sites for hydroxylation is 3. The Hall–Kier alpha value is -2.61. The SMILES string of the molecule is Cc1cnc(-c2nc(C3CCN(C(=O)c4cc(C)c(C)s4)CC3)no2)cn1. The minimum atomic E-state index is 0.124. The Kier molecular flexibility index (Phi) is 4.73. The van der Waals surface area contributed by atoms with E-state index < -0.39 is 0 Å². The lowest BCUT2D eigenvalue weighted by Crippen LogP contribution is -2.37. The van der Waals surface area contributed by atoms with Crippen molar-refractivity contribution in [3.63, 3.8) is 0 Å². The zero-order chi connectivity index (χ0) is 19.0. The van der Waals surface area contributed by atoms with Crippen LogP contribution in [0.1, 0.15) is 50.4 Å². The molecule has 3 aromatic heterocycles. The number of carbonyl (C=O) groups is 1. The van der Waals surface area contributed by atoms with Crippen LogP contribution < -0.4 is 0 Å². The Morgan fingerprint density at radius 2 is 1.96 bits per heavy atom. The Balaban J connectivity index is 1.41. The minimum Gasteiger partial charge on any atom is -0.338 e. The lowest BCUT2D eigenvalue weighted by molar-refractivity contribution is 0.0715. The molecule has 1 aliphatic heterocycles. The van der Waals surface area contributed by atoms with Gasteiger partial charge in [0.2, 0.25) is 0 Å². The second kappa shape index (κ2) is 7.19. The third kappa shape index (κ3) is 3.62. The van der Waals surface area contributed by atoms with Gasteiger partial charge >= 0.3 is 0 Å². The second-order valence-corrected chi connectivity index (χ2v) is 8.17. The summed E-state index contributed by atoms with van der Waals surface area (Å²) in [7, 11) is 0. The van der Waals surface area contributed by atoms with E-state index >= 15 is 0 Å². The highest BCUT2D eigenvalue weighted by molar-refractivity contribution is 7.14. The van der Waals surface area contributed by atoms with Crippen LogP contribution in [0.25, 0.3) is 11.6 Å². The smallest absolute Gasteiger partial charge is 0.278 e. The Morgan fingerprint density at radius 3 is 2.59 bits per heavy atom. The van der Waals surface area contributed by atoms with Gasteiger partial charge in [0.05, 0.1) is 16.8 Å². The van der Waals surface area contributed by atoms with Crippen LogP contribution in [-0.4, -0.2) is 44.0 Å². The number of piperidine rings is 1. The summed E-state index contributed by atoms with van der Waals surface area (Å²) in [6.45, 7) is 7.38. The van der Waals surface area contributed by atoms with Gasteiger partial charge in [0.25, 0.3) is 11.8 Å². The van der Waals surface area contributed by atoms with E-state index in [4.69, 9.17) is 4.52 Å². The van der Waals surface area contributed by atoms with Crippen LogP contribution in [0.3, 0.4) is 0 Å². The summed E-state index contributed by atoms with van der Waals surface area (Å²) in [6, 6.07) is 1.99. The maximum atomic E-state index is 12.7. The predicted octanol–water partition coefficient (Wildman–Crippen LogP) is 3.53. The molecule has 1 fully saturated rings. The van der Waals surface area contributed by atoms with Crippen LogP contribution in [0.4, 0.5) is 0 Å². The van der Waals surface area contributed by atoms with Crippen molar-refractivity contribution >= 4 is 17.2 Å². The average molecular weight is 383 g/mol. The molecule has 1 aliphatic rings. The van der Waals surface area contributed by atoms with Crippen LogP contribution in [-0.2, 0) is 0 Å². The van der Waals surface area contributed by atoms with Crippen molar-refractivity contribution in [3.8, 4) is 11.6 Å². The summed E-state index contributed by atoms with van der Waals surface area (Å²) in [5.41, 5.74) is 2.60. The fourth-order valence-electron chi connectivity index (χ4n) is 3.18. The first-order chi connectivity index (χ1) is 13.0. The van der Waals surface area contributed by atoms with Gasteiger partial charge in [-0.2, -0.15) is 4.98 Å². The molecule has 8 heteroatoms. The molecule has 1 saturated heterocycles. The number of hydrogen-bond donors (Lipinski definition) is 0. The summed E-state index contributed by atoms with van der Waals surface area (Å²) in [6.07, 6.45) is 4.97. The van der Waals surface area contributed by atoms with E-state index in [2.05, 4.69) is 27.0 Å². The van der Waals surface area contributed by atoms with E-state index in [-0.39, 0.29) is 11.8 Å². The van der Waals surface area contributed by atoms with Crippen molar-refractivity contribution in [2.24, 2.45) is 0 Å². The summed E-state index contributed by atoms with van der Waals surface area (Å²) >= 11 is 1.57. The Morgan fingerprint density at radius 1 is 1.19 bits per heavy atom. The number of rotatable bonds is 3. The lowest BCUT2D eigenvalue weighted by Gasteiger charge is -2.30. The van der Waals surface area contributed by atoms with E-state index in [0.717, 1.165) is 23.4 Å². The van der Waals surface area contributed by atoms with Crippen molar-refractivity contribution in [3.05, 3.63) is 45.3 Å². The molecule has 3 aromatic rings. The number of amides is 1. The third-order valence-corrected chi connectivity index (χ3v) is 6.11. The van der Waals surface area contributed by atoms with Crippen LogP contribution in [0, 0.1) is 20.8 Å². The Labute approximate surface area is 161 Å². The molecule has 1 amide bonds. The van der Waals surface area contributed by atoms with E-state index in [1.807, 2.05) is 24.8 Å². The van der Waals surface area contributed by atoms with Crippen LogP contribution in [0.15, 0.2) is 23.0 Å². The first-order valence-corrected chi connectivity index (χ1v) is 9.82. The molecule has 0 unspecified atom stereocenters. The Bertz CT molecular complexity index is 935. The van der Waals surface area contributed by atoms with Crippen LogP contribution in [0.5, 0.6) is 0 Å². The van der Waals surface area contributed by atoms with Gasteiger partial charge in [-0.05, 0) is 45.2 Å². The molecule has 0 atom stereocenters. The molecule has 140 valence electrons. The highest BCUT2D eigenvalue weighted by atomic mass is 32.1. The molecule has 0 bridgehead atoms. The van der Waals surface area contributed by atoms with Gasteiger partial charge in [-0.25, -0.2) is 4.98 Å². The molecule has 0 aliphatic carbocycles. The quantitative estimate of drug-likeness (QED) is 0.688. The second-order valence-electron chi connectivity index (χ2n) is 6.92. The van der Waals surface area contributed by atoms with Crippen molar-refractivity contribution in [2.45, 2.75) is 39.5 Å². The monoisotopic (exact) mass is 383 g/mol. The maximum absolute atomic E-state index is 12.7. The van der Waals surface area contributed by atoms with Gasteiger partial charge in [0.15, 0.2) is 5.82 Å². The summed E-state index contributed by atoms with van der Waals surface area (Å²) < 4.78 is 5.36. The number of nitrogens with zero attached hydrogens (tertiary/aromatic N) is 5. The summed E-state index contributed by atoms with van der Waals surface area (Å²) in [5.74, 6) is 1.39. The van der Waals surface area contributed by atoms with Gasteiger partial charge in [-0.3, -0.25) is 9.78 Å². The first-order valence-electron chi connectivity index (χ1n) is 9.00. The van der Waals surface area contributed by atoms with E-state index in [0.29, 0.717) is 30.5 Å². The zero-order valence-corrected chi connectivity index (χ0v) is 16.4. The zero-order valence-electron chi connectivity index (χ0n) is 15.6. The highest BCUT2D eigenvalue weighted by Crippen LogP contribution is 2.29. The van der Waals surface area contributed by atoms with Gasteiger partial charge in [0.1, 0.15) is 5.69 Å². The number of aromatic nitrogens is 4. The van der Waals surface area contributed by atoms with Gasteiger partial charge in [0, 0.05) is 30.1 Å². The highest BCUT2D eigenvalue weighted by Gasteiger charge is 2.28. The standard InChI is InChI=1S/C19H21N5O2S/c1-11-8-16(27-13(11)3)19(25)24-6-4-14(5-7-24)17-22-18(26-23-17)15-10-20-12(2)9-21-15/h8-10,14H,4-7H2,1-3H3. The summed E-state index contributed by atoms with van der Waals surface area (Å²) in [5, 5.41) is 4.13. The maximum Gasteiger partial charge on any atom is 0.278 e. The van der Waals surface area contributed by atoms with Crippen molar-refractivity contribution in [1.29, 1.82) is 0 Å². The van der Waals surface area contributed by atoms with Crippen LogP contribution >= 0.6 is 11.3 Å². The minimum absolute atomic E-state index is 0.124. The fourth-order valence-corrected chi connectivity index (χ4v) is 4.18. The van der Waals surface area contributed by atoms with E-state index in [1.54, 1.807) is 23.7 Å². The van der Waals surface area contributed by atoms with Gasteiger partial charge in [-0.15, -0.1) is 11.3 Å². The molecular weight excluding hydrogens is 362 g/mol. The van der Waals surface area contributed by atoms with E-state index in [1.165, 1.54) is 10.4 Å². The topological polar surface area (TPSA) is 85.0 Å².